The van der Waals surface area contributed by atoms with Crippen molar-refractivity contribution in [1.82, 2.24) is 9.88 Å². The molecule has 13 heteroatoms. The number of cyclic esters (lactones) is 1. The number of thiophene rings is 1. The maximum atomic E-state index is 13.6. The molecule has 4 atom stereocenters. The molecule has 3 heterocycles. The van der Waals surface area contributed by atoms with Crippen LogP contribution in [0.2, 0.25) is 0 Å². The first-order valence-corrected chi connectivity index (χ1v) is 15.3. The van der Waals surface area contributed by atoms with Crippen LogP contribution in [-0.4, -0.2) is 35.2 Å². The average molecular weight is 642 g/mol. The predicted molar refractivity (Wildman–Crippen MR) is 154 cm³/mol. The molecule has 1 amide bonds. The lowest BCUT2D eigenvalue weighted by Gasteiger charge is -2.33. The fourth-order valence-corrected chi connectivity index (χ4v) is 6.94. The molecule has 5 rings (SSSR count). The summed E-state index contributed by atoms with van der Waals surface area (Å²) in [4.78, 5) is 20.0. The first-order valence-electron chi connectivity index (χ1n) is 14.4. The molecule has 1 saturated carbocycles. The second kappa shape index (κ2) is 12.5. The zero-order valence-corrected chi connectivity index (χ0v) is 25.2. The van der Waals surface area contributed by atoms with Crippen LogP contribution in [0.5, 0.6) is 5.75 Å². The maximum Gasteiger partial charge on any atom is 0.416 e. The fraction of sp³-hybridized carbons (Fsp3) is 0.484. The number of ether oxygens (including phenoxy) is 2. The van der Waals surface area contributed by atoms with Crippen molar-refractivity contribution in [2.45, 2.75) is 83.0 Å². The second-order valence-corrected chi connectivity index (χ2v) is 12.2. The molecule has 1 aliphatic heterocycles. The Hall–Kier alpha value is -3.48. The van der Waals surface area contributed by atoms with E-state index >= 15 is 0 Å². The van der Waals surface area contributed by atoms with Crippen molar-refractivity contribution in [3.05, 3.63) is 64.2 Å². The van der Waals surface area contributed by atoms with Crippen molar-refractivity contribution in [1.29, 1.82) is 0 Å². The summed E-state index contributed by atoms with van der Waals surface area (Å²) in [7, 11) is 1.56. The van der Waals surface area contributed by atoms with Crippen LogP contribution in [0.4, 0.5) is 37.0 Å². The molecule has 2 fully saturated rings. The molecule has 2 aliphatic rings. The molecule has 238 valence electrons. The minimum atomic E-state index is -5.02. The van der Waals surface area contributed by atoms with Crippen LogP contribution in [0.1, 0.15) is 74.3 Å². The number of rotatable bonds is 8. The first-order chi connectivity index (χ1) is 20.8. The Morgan fingerprint density at radius 2 is 1.75 bits per heavy atom. The zero-order valence-electron chi connectivity index (χ0n) is 24.4. The number of hydrogen-bond donors (Lipinski definition) is 1. The molecule has 6 nitrogen and oxygen atoms in total. The van der Waals surface area contributed by atoms with E-state index in [2.05, 4.69) is 12.2 Å². The van der Waals surface area contributed by atoms with Gasteiger partial charge in [-0.25, -0.2) is 9.78 Å². The minimum Gasteiger partial charge on any atom is -0.495 e. The Morgan fingerprint density at radius 3 is 2.39 bits per heavy atom. The minimum absolute atomic E-state index is 0.0258. The van der Waals surface area contributed by atoms with Gasteiger partial charge in [0.2, 0.25) is 0 Å². The quantitative estimate of drug-likeness (QED) is 0.249. The Labute approximate surface area is 255 Å². The van der Waals surface area contributed by atoms with E-state index < -0.39 is 41.7 Å². The summed E-state index contributed by atoms with van der Waals surface area (Å²) in [6, 6.07) is 4.28. The number of nitrogens with one attached hydrogen (secondary N) is 1. The van der Waals surface area contributed by atoms with Gasteiger partial charge in [-0.05, 0) is 67.0 Å². The number of carbonyl (C=O) groups is 1. The van der Waals surface area contributed by atoms with E-state index in [4.69, 9.17) is 14.5 Å². The molecule has 3 aromatic rings. The van der Waals surface area contributed by atoms with Crippen LogP contribution in [0.15, 0.2) is 41.9 Å². The van der Waals surface area contributed by atoms with Gasteiger partial charge in [-0.2, -0.15) is 26.3 Å². The van der Waals surface area contributed by atoms with E-state index in [1.807, 2.05) is 17.5 Å². The summed E-state index contributed by atoms with van der Waals surface area (Å²) in [5.74, 6) is 1.66. The highest BCUT2D eigenvalue weighted by molar-refractivity contribution is 7.14. The van der Waals surface area contributed by atoms with Gasteiger partial charge in [-0.15, -0.1) is 11.3 Å². The standard InChI is InChI=1S/C31H33F6N3O3S/c1-4-18-7-5-6-8-24(18)39-28-21(11-20(15-38-28)27-25(42-3)9-10-44-27)16-40-17(2)26(43-29(40)41)19-12-22(30(32,33)34)14-23(13-19)31(35,36)37/h9-15,17-18,24,26H,4-8,16H2,1-3H3,(H,38,39)/t17-,18?,24?,26-/m0/s1. The number of hydrogen-bond acceptors (Lipinski definition) is 6. The number of anilines is 1. The molecule has 1 aromatic carbocycles. The van der Waals surface area contributed by atoms with Gasteiger partial charge in [0.15, 0.2) is 0 Å². The molecule has 0 spiro atoms. The van der Waals surface area contributed by atoms with Crippen LogP contribution < -0.4 is 10.1 Å². The van der Waals surface area contributed by atoms with E-state index in [1.54, 1.807) is 20.2 Å². The number of halogens is 6. The first kappa shape index (κ1) is 31.9. The van der Waals surface area contributed by atoms with Gasteiger partial charge in [0.25, 0.3) is 0 Å². The Bertz CT molecular complexity index is 1460. The smallest absolute Gasteiger partial charge is 0.416 e. The highest BCUT2D eigenvalue weighted by Gasteiger charge is 2.43. The third kappa shape index (κ3) is 6.62. The van der Waals surface area contributed by atoms with Crippen LogP contribution >= 0.6 is 11.3 Å². The Kier molecular flexibility index (Phi) is 9.06. The predicted octanol–water partition coefficient (Wildman–Crippen LogP) is 9.32. The van der Waals surface area contributed by atoms with Gasteiger partial charge < -0.3 is 14.8 Å². The molecule has 0 bridgehead atoms. The molecular formula is C31H33F6N3O3S. The molecule has 44 heavy (non-hydrogen) atoms. The maximum absolute atomic E-state index is 13.6. The molecule has 1 N–H and O–H groups in total. The molecule has 1 aliphatic carbocycles. The summed E-state index contributed by atoms with van der Waals surface area (Å²) in [6.45, 7) is 3.66. The summed E-state index contributed by atoms with van der Waals surface area (Å²) in [5, 5.41) is 5.46. The number of benzene rings is 1. The van der Waals surface area contributed by atoms with Gasteiger partial charge in [0.1, 0.15) is 17.7 Å². The van der Waals surface area contributed by atoms with E-state index in [0.717, 1.165) is 42.5 Å². The van der Waals surface area contributed by atoms with Gasteiger partial charge in [0.05, 0.1) is 35.7 Å². The number of nitrogens with zero attached hydrogens (tertiary/aromatic N) is 2. The van der Waals surface area contributed by atoms with Crippen LogP contribution in [0.3, 0.4) is 0 Å². The number of aromatic nitrogens is 1. The van der Waals surface area contributed by atoms with Crippen LogP contribution in [0, 0.1) is 5.92 Å². The van der Waals surface area contributed by atoms with Gasteiger partial charge in [0, 0.05) is 23.4 Å². The number of methoxy groups -OCH3 is 1. The van der Waals surface area contributed by atoms with Crippen molar-refractivity contribution in [2.75, 3.05) is 12.4 Å². The summed E-state index contributed by atoms with van der Waals surface area (Å²) < 4.78 is 92.2. The lowest BCUT2D eigenvalue weighted by molar-refractivity contribution is -0.143. The topological polar surface area (TPSA) is 63.7 Å². The van der Waals surface area contributed by atoms with Crippen molar-refractivity contribution in [3.63, 3.8) is 0 Å². The van der Waals surface area contributed by atoms with E-state index in [9.17, 15) is 31.1 Å². The van der Waals surface area contributed by atoms with Crippen LogP contribution in [-0.2, 0) is 23.6 Å². The van der Waals surface area contributed by atoms with Gasteiger partial charge >= 0.3 is 18.4 Å². The molecule has 2 aromatic heterocycles. The second-order valence-electron chi connectivity index (χ2n) is 11.3. The normalized spacial score (nSPS) is 22.7. The third-order valence-electron chi connectivity index (χ3n) is 8.50. The highest BCUT2D eigenvalue weighted by Crippen LogP contribution is 2.42. The zero-order chi connectivity index (χ0) is 31.8. The molecule has 2 unspecified atom stereocenters. The third-order valence-corrected chi connectivity index (χ3v) is 9.45. The van der Waals surface area contributed by atoms with Crippen molar-refractivity contribution < 1.29 is 40.6 Å². The fourth-order valence-electron chi connectivity index (χ4n) is 6.10. The largest absolute Gasteiger partial charge is 0.495 e. The van der Waals surface area contributed by atoms with E-state index in [1.165, 1.54) is 16.2 Å². The average Bonchev–Trinajstić information content (AvgIpc) is 3.57. The summed E-state index contributed by atoms with van der Waals surface area (Å²) >= 11 is 1.46. The molecule has 0 radical (unpaired) electrons. The molecular weight excluding hydrogens is 608 g/mol. The van der Waals surface area contributed by atoms with Gasteiger partial charge in [-0.1, -0.05) is 26.2 Å². The number of carbonyl (C=O) groups excluding carboxylic acids is 1. The van der Waals surface area contributed by atoms with Gasteiger partial charge in [-0.3, -0.25) is 4.90 Å². The lowest BCUT2D eigenvalue weighted by Crippen LogP contribution is -2.34. The number of alkyl halides is 6. The number of amides is 1. The Morgan fingerprint density at radius 1 is 1.07 bits per heavy atom. The van der Waals surface area contributed by atoms with Crippen LogP contribution in [0.25, 0.3) is 10.4 Å². The van der Waals surface area contributed by atoms with Crippen molar-refractivity contribution in [2.24, 2.45) is 5.92 Å². The number of pyridine rings is 1. The summed E-state index contributed by atoms with van der Waals surface area (Å²) in [5.41, 5.74) is -1.91. The molecule has 1 saturated heterocycles. The van der Waals surface area contributed by atoms with Crippen molar-refractivity contribution in [3.8, 4) is 16.2 Å². The monoisotopic (exact) mass is 641 g/mol. The van der Waals surface area contributed by atoms with E-state index in [-0.39, 0.29) is 24.2 Å². The highest BCUT2D eigenvalue weighted by atomic mass is 32.1. The van der Waals surface area contributed by atoms with E-state index in [0.29, 0.717) is 35.2 Å². The van der Waals surface area contributed by atoms with Crippen molar-refractivity contribution >= 4 is 23.2 Å². The summed E-state index contributed by atoms with van der Waals surface area (Å²) in [6.07, 6.45) is -5.25. The Balaban J connectivity index is 1.49. The lowest BCUT2D eigenvalue weighted by atomic mass is 9.83. The SMILES string of the molecule is CCC1CCCCC1Nc1ncc(-c2sccc2OC)cc1CN1C(=O)O[C@H](c2cc(C(F)(F)F)cc(C(F)(F)F)c2)[C@@H]1C.